The van der Waals surface area contributed by atoms with Crippen molar-refractivity contribution >= 4 is 17.4 Å². The van der Waals surface area contributed by atoms with E-state index in [1.165, 1.54) is 12.1 Å². The zero-order valence-corrected chi connectivity index (χ0v) is 10.4. The lowest BCUT2D eigenvalue weighted by molar-refractivity contribution is 0.627. The van der Waals surface area contributed by atoms with Crippen molar-refractivity contribution in [3.05, 3.63) is 56.3 Å². The first kappa shape index (κ1) is 12.6. The molecule has 3 N–H and O–H groups in total. The second-order valence-corrected chi connectivity index (χ2v) is 4.34. The van der Waals surface area contributed by atoms with Gasteiger partial charge in [-0.2, -0.15) is 0 Å². The van der Waals surface area contributed by atoms with Gasteiger partial charge in [0.2, 0.25) is 0 Å². The average Bonchev–Trinajstić information content (AvgIpc) is 2.29. The minimum Gasteiger partial charge on any atom is -0.383 e. The second kappa shape index (κ2) is 4.78. The number of aromatic nitrogens is 2. The maximum atomic E-state index is 12.9. The number of nitrogens with one attached hydrogen (secondary N) is 1. The van der Waals surface area contributed by atoms with Crippen molar-refractivity contribution in [1.82, 2.24) is 9.97 Å². The van der Waals surface area contributed by atoms with E-state index in [1.807, 2.05) is 0 Å². The molecule has 0 atom stereocenters. The van der Waals surface area contributed by atoms with Crippen LogP contribution in [-0.2, 0) is 6.42 Å². The molecule has 1 heterocycles. The molecule has 6 heteroatoms. The number of halogens is 2. The van der Waals surface area contributed by atoms with Gasteiger partial charge in [-0.05, 0) is 24.6 Å². The summed E-state index contributed by atoms with van der Waals surface area (Å²) >= 11 is 5.90. The molecule has 0 unspecified atom stereocenters. The van der Waals surface area contributed by atoms with Crippen LogP contribution in [0.2, 0.25) is 5.02 Å². The van der Waals surface area contributed by atoms with Crippen LogP contribution in [0, 0.1) is 12.7 Å². The molecule has 0 aliphatic heterocycles. The number of hydrogen-bond acceptors (Lipinski definition) is 3. The van der Waals surface area contributed by atoms with E-state index in [1.54, 1.807) is 13.0 Å². The summed E-state index contributed by atoms with van der Waals surface area (Å²) in [4.78, 5) is 18.2. The number of hydrogen-bond donors (Lipinski definition) is 2. The molecule has 2 rings (SSSR count). The monoisotopic (exact) mass is 267 g/mol. The molecule has 0 amide bonds. The molecule has 18 heavy (non-hydrogen) atoms. The molecule has 0 fully saturated rings. The largest absolute Gasteiger partial charge is 0.383 e. The zero-order chi connectivity index (χ0) is 13.3. The minimum atomic E-state index is -0.409. The molecular weight excluding hydrogens is 257 g/mol. The Balaban J connectivity index is 2.37. The fourth-order valence-electron chi connectivity index (χ4n) is 1.53. The van der Waals surface area contributed by atoms with Crippen molar-refractivity contribution in [3.8, 4) is 0 Å². The van der Waals surface area contributed by atoms with E-state index in [9.17, 15) is 9.18 Å². The minimum absolute atomic E-state index is 0.187. The predicted octanol–water partition coefficient (Wildman–Crippen LogP) is 2.04. The van der Waals surface area contributed by atoms with Crippen LogP contribution in [0.4, 0.5) is 10.2 Å². The third-order valence-electron chi connectivity index (χ3n) is 2.61. The van der Waals surface area contributed by atoms with Gasteiger partial charge in [-0.15, -0.1) is 0 Å². The van der Waals surface area contributed by atoms with Crippen LogP contribution in [0.1, 0.15) is 17.0 Å². The third kappa shape index (κ3) is 2.51. The standard InChI is InChI=1S/C12H11ClFN3O/c1-6-11(15)16-10(17-12(6)18)4-7-2-3-8(14)5-9(7)13/h2-3,5H,4H2,1H3,(H3,15,16,17,18). The molecule has 0 radical (unpaired) electrons. The predicted molar refractivity (Wildman–Crippen MR) is 68.2 cm³/mol. The first-order valence-electron chi connectivity index (χ1n) is 5.26. The van der Waals surface area contributed by atoms with E-state index in [-0.39, 0.29) is 16.4 Å². The SMILES string of the molecule is Cc1c(N)nc(Cc2ccc(F)cc2Cl)[nH]c1=O. The van der Waals surface area contributed by atoms with E-state index >= 15 is 0 Å². The number of benzene rings is 1. The fraction of sp³-hybridized carbons (Fsp3) is 0.167. The summed E-state index contributed by atoms with van der Waals surface area (Å²) in [5.74, 6) is 0.178. The Labute approximate surface area is 108 Å². The van der Waals surface area contributed by atoms with Crippen LogP contribution in [0.5, 0.6) is 0 Å². The Morgan fingerprint density at radius 1 is 1.50 bits per heavy atom. The number of nitrogen functional groups attached to an aromatic ring is 1. The molecule has 0 aliphatic carbocycles. The maximum Gasteiger partial charge on any atom is 0.255 e. The van der Waals surface area contributed by atoms with Gasteiger partial charge < -0.3 is 10.7 Å². The molecule has 2 aromatic rings. The fourth-order valence-corrected chi connectivity index (χ4v) is 1.76. The van der Waals surface area contributed by atoms with E-state index in [0.29, 0.717) is 23.4 Å². The van der Waals surface area contributed by atoms with Crippen molar-refractivity contribution in [2.24, 2.45) is 0 Å². The maximum absolute atomic E-state index is 12.9. The van der Waals surface area contributed by atoms with Gasteiger partial charge in [0, 0.05) is 11.4 Å². The zero-order valence-electron chi connectivity index (χ0n) is 9.63. The highest BCUT2D eigenvalue weighted by atomic mass is 35.5. The highest BCUT2D eigenvalue weighted by Crippen LogP contribution is 2.19. The summed E-state index contributed by atoms with van der Waals surface area (Å²) in [6.45, 7) is 1.59. The summed E-state index contributed by atoms with van der Waals surface area (Å²) in [6.07, 6.45) is 0.291. The molecule has 0 spiro atoms. The van der Waals surface area contributed by atoms with Gasteiger partial charge in [-0.25, -0.2) is 9.37 Å². The molecule has 0 aliphatic rings. The molecule has 0 bridgehead atoms. The number of H-pyrrole nitrogens is 1. The molecule has 94 valence electrons. The molecule has 0 saturated heterocycles. The smallest absolute Gasteiger partial charge is 0.255 e. The molecule has 0 saturated carbocycles. The lowest BCUT2D eigenvalue weighted by atomic mass is 10.1. The number of rotatable bonds is 2. The van der Waals surface area contributed by atoms with E-state index in [0.717, 1.165) is 0 Å². The Kier molecular flexibility index (Phi) is 3.34. The Bertz CT molecular complexity index is 654. The summed E-state index contributed by atoms with van der Waals surface area (Å²) in [7, 11) is 0. The highest BCUT2D eigenvalue weighted by Gasteiger charge is 2.08. The van der Waals surface area contributed by atoms with Crippen LogP contribution in [0.25, 0.3) is 0 Å². The van der Waals surface area contributed by atoms with Crippen molar-refractivity contribution in [1.29, 1.82) is 0 Å². The Morgan fingerprint density at radius 2 is 2.22 bits per heavy atom. The van der Waals surface area contributed by atoms with Crippen molar-refractivity contribution < 1.29 is 4.39 Å². The first-order valence-corrected chi connectivity index (χ1v) is 5.64. The van der Waals surface area contributed by atoms with Gasteiger partial charge in [-0.3, -0.25) is 4.79 Å². The lowest BCUT2D eigenvalue weighted by Gasteiger charge is -2.06. The normalized spacial score (nSPS) is 10.6. The van der Waals surface area contributed by atoms with Crippen LogP contribution in [0.3, 0.4) is 0 Å². The van der Waals surface area contributed by atoms with E-state index in [4.69, 9.17) is 17.3 Å². The quantitative estimate of drug-likeness (QED) is 0.875. The molecule has 1 aromatic carbocycles. The van der Waals surface area contributed by atoms with Crippen LogP contribution < -0.4 is 11.3 Å². The average molecular weight is 268 g/mol. The van der Waals surface area contributed by atoms with Gasteiger partial charge in [0.25, 0.3) is 5.56 Å². The first-order chi connectivity index (χ1) is 8.47. The van der Waals surface area contributed by atoms with Crippen molar-refractivity contribution in [2.75, 3.05) is 5.73 Å². The van der Waals surface area contributed by atoms with Crippen molar-refractivity contribution in [3.63, 3.8) is 0 Å². The van der Waals surface area contributed by atoms with Gasteiger partial charge >= 0.3 is 0 Å². The number of nitrogens with zero attached hydrogens (tertiary/aromatic N) is 1. The lowest BCUT2D eigenvalue weighted by Crippen LogP contribution is -2.17. The summed E-state index contributed by atoms with van der Waals surface area (Å²) in [5, 5.41) is 0.289. The van der Waals surface area contributed by atoms with Gasteiger partial charge in [-0.1, -0.05) is 17.7 Å². The van der Waals surface area contributed by atoms with E-state index < -0.39 is 5.82 Å². The summed E-state index contributed by atoms with van der Waals surface area (Å²) in [6, 6.07) is 4.07. The molecule has 1 aromatic heterocycles. The van der Waals surface area contributed by atoms with Crippen LogP contribution >= 0.6 is 11.6 Å². The second-order valence-electron chi connectivity index (χ2n) is 3.94. The van der Waals surface area contributed by atoms with Crippen molar-refractivity contribution in [2.45, 2.75) is 13.3 Å². The van der Waals surface area contributed by atoms with Crippen LogP contribution in [-0.4, -0.2) is 9.97 Å². The highest BCUT2D eigenvalue weighted by molar-refractivity contribution is 6.31. The number of nitrogens with two attached hydrogens (primary N) is 1. The van der Waals surface area contributed by atoms with Gasteiger partial charge in [0.1, 0.15) is 17.5 Å². The summed E-state index contributed by atoms with van der Waals surface area (Å²) < 4.78 is 12.9. The molecule has 4 nitrogen and oxygen atoms in total. The number of aromatic amines is 1. The number of anilines is 1. The Hall–Kier alpha value is -1.88. The molecular formula is C12H11ClFN3O. The van der Waals surface area contributed by atoms with Crippen LogP contribution in [0.15, 0.2) is 23.0 Å². The Morgan fingerprint density at radius 3 is 2.83 bits per heavy atom. The topological polar surface area (TPSA) is 71.8 Å². The third-order valence-corrected chi connectivity index (χ3v) is 2.96. The van der Waals surface area contributed by atoms with Gasteiger partial charge in [0.05, 0.1) is 5.56 Å². The summed E-state index contributed by atoms with van der Waals surface area (Å²) in [5.41, 5.74) is 6.38. The van der Waals surface area contributed by atoms with Gasteiger partial charge in [0.15, 0.2) is 0 Å². The van der Waals surface area contributed by atoms with E-state index in [2.05, 4.69) is 9.97 Å².